The molecule has 5 rings (SSSR count). The molecule has 33 heavy (non-hydrogen) atoms. The normalized spacial score (nSPS) is 12.7. The summed E-state index contributed by atoms with van der Waals surface area (Å²) in [5.74, 6) is -1.20. The van der Waals surface area contributed by atoms with Gasteiger partial charge in [-0.2, -0.15) is 0 Å². The van der Waals surface area contributed by atoms with Gasteiger partial charge >= 0.3 is 0 Å². The fraction of sp³-hybridized carbons (Fsp3) is 0.0385. The van der Waals surface area contributed by atoms with E-state index in [2.05, 4.69) is 5.32 Å². The van der Waals surface area contributed by atoms with Crippen molar-refractivity contribution >= 4 is 39.9 Å². The molecule has 0 fully saturated rings. The molecule has 2 N–H and O–H groups in total. The summed E-state index contributed by atoms with van der Waals surface area (Å²) >= 11 is 0. The number of hydrogen-bond donors (Lipinski definition) is 2. The molecule has 0 saturated carbocycles. The van der Waals surface area contributed by atoms with E-state index in [1.54, 1.807) is 48.5 Å². The number of phenolic OH excluding ortho intramolecular Hbond substituents is 1. The van der Waals surface area contributed by atoms with Crippen molar-refractivity contribution < 1.29 is 24.2 Å². The predicted octanol–water partition coefficient (Wildman–Crippen LogP) is 4.61. The van der Waals surface area contributed by atoms with Gasteiger partial charge in [0.1, 0.15) is 11.5 Å². The van der Waals surface area contributed by atoms with Gasteiger partial charge in [0.15, 0.2) is 0 Å². The summed E-state index contributed by atoms with van der Waals surface area (Å²) in [4.78, 5) is 40.3. The van der Waals surface area contributed by atoms with Crippen molar-refractivity contribution in [2.24, 2.45) is 0 Å². The van der Waals surface area contributed by atoms with E-state index in [9.17, 15) is 19.5 Å². The highest BCUT2D eigenvalue weighted by molar-refractivity contribution is 6.36. The lowest BCUT2D eigenvalue weighted by atomic mass is 10.0. The quantitative estimate of drug-likeness (QED) is 0.454. The molecule has 3 amide bonds. The number of anilines is 2. The van der Waals surface area contributed by atoms with Crippen LogP contribution in [-0.4, -0.2) is 29.9 Å². The second-order valence-electron chi connectivity index (χ2n) is 7.54. The van der Waals surface area contributed by atoms with Gasteiger partial charge in [-0.05, 0) is 59.3 Å². The fourth-order valence-electron chi connectivity index (χ4n) is 3.96. The number of benzene rings is 4. The molecule has 0 aliphatic carbocycles. The highest BCUT2D eigenvalue weighted by Gasteiger charge is 2.39. The van der Waals surface area contributed by atoms with Crippen LogP contribution in [0.1, 0.15) is 31.1 Å². The lowest BCUT2D eigenvalue weighted by Gasteiger charge is -2.14. The Balaban J connectivity index is 1.49. The molecule has 162 valence electrons. The van der Waals surface area contributed by atoms with Crippen molar-refractivity contribution in [1.29, 1.82) is 0 Å². The van der Waals surface area contributed by atoms with Crippen LogP contribution in [0.5, 0.6) is 11.5 Å². The zero-order valence-electron chi connectivity index (χ0n) is 17.5. The van der Waals surface area contributed by atoms with Crippen LogP contribution in [-0.2, 0) is 0 Å². The molecule has 1 heterocycles. The Kier molecular flexibility index (Phi) is 4.79. The number of amides is 3. The summed E-state index contributed by atoms with van der Waals surface area (Å²) in [7, 11) is 1.53. The number of nitrogens with zero attached hydrogens (tertiary/aromatic N) is 1. The van der Waals surface area contributed by atoms with Gasteiger partial charge in [-0.25, -0.2) is 4.90 Å². The standard InChI is InChI=1S/C26H18N2O5/c1-33-18-11-9-17(10-12-18)28-25(31)19-7-4-8-21(23(19)26(28)32)27-24(30)20-13-15-5-2-3-6-16(15)14-22(20)29/h2-14,29H,1H3,(H,27,30). The molecule has 4 aromatic carbocycles. The van der Waals surface area contributed by atoms with Gasteiger partial charge in [0.2, 0.25) is 0 Å². The van der Waals surface area contributed by atoms with Gasteiger partial charge in [0, 0.05) is 0 Å². The summed E-state index contributed by atoms with van der Waals surface area (Å²) in [6.45, 7) is 0. The second-order valence-corrected chi connectivity index (χ2v) is 7.54. The van der Waals surface area contributed by atoms with Crippen molar-refractivity contribution in [3.05, 3.63) is 95.6 Å². The van der Waals surface area contributed by atoms with E-state index in [4.69, 9.17) is 4.74 Å². The number of hydrogen-bond acceptors (Lipinski definition) is 5. The lowest BCUT2D eigenvalue weighted by Crippen LogP contribution is -2.29. The highest BCUT2D eigenvalue weighted by atomic mass is 16.5. The second kappa shape index (κ2) is 7.80. The van der Waals surface area contributed by atoms with Crippen molar-refractivity contribution in [2.45, 2.75) is 0 Å². The van der Waals surface area contributed by atoms with Gasteiger partial charge in [0.25, 0.3) is 17.7 Å². The number of phenols is 1. The number of fused-ring (bicyclic) bond motifs is 2. The van der Waals surface area contributed by atoms with E-state index in [1.165, 1.54) is 13.2 Å². The average molecular weight is 438 g/mol. The number of carbonyl (C=O) groups excluding carboxylic acids is 3. The predicted molar refractivity (Wildman–Crippen MR) is 124 cm³/mol. The maximum atomic E-state index is 13.2. The molecular weight excluding hydrogens is 420 g/mol. The molecule has 4 aromatic rings. The number of carbonyl (C=O) groups is 3. The minimum Gasteiger partial charge on any atom is -0.507 e. The van der Waals surface area contributed by atoms with E-state index in [1.807, 2.05) is 24.3 Å². The molecule has 7 heteroatoms. The lowest BCUT2D eigenvalue weighted by molar-refractivity contribution is 0.0926. The number of nitrogens with one attached hydrogen (secondary N) is 1. The first-order valence-electron chi connectivity index (χ1n) is 10.2. The molecule has 1 aliphatic heterocycles. The number of methoxy groups -OCH3 is 1. The molecule has 7 nitrogen and oxygen atoms in total. The van der Waals surface area contributed by atoms with Gasteiger partial charge in [-0.3, -0.25) is 14.4 Å². The van der Waals surface area contributed by atoms with Crippen LogP contribution in [0.25, 0.3) is 10.8 Å². The van der Waals surface area contributed by atoms with Gasteiger partial charge < -0.3 is 15.2 Å². The van der Waals surface area contributed by atoms with Crippen LogP contribution in [0.15, 0.2) is 78.9 Å². The Labute approximate surface area is 188 Å². The topological polar surface area (TPSA) is 95.9 Å². The summed E-state index contributed by atoms with van der Waals surface area (Å²) < 4.78 is 5.13. The minimum absolute atomic E-state index is 0.0649. The first-order valence-corrected chi connectivity index (χ1v) is 10.2. The number of aromatic hydroxyl groups is 1. The number of rotatable bonds is 4. The molecule has 0 spiro atoms. The third-order valence-electron chi connectivity index (χ3n) is 5.60. The van der Waals surface area contributed by atoms with E-state index in [0.29, 0.717) is 11.4 Å². The average Bonchev–Trinajstić information content (AvgIpc) is 3.09. The van der Waals surface area contributed by atoms with Crippen LogP contribution in [0.3, 0.4) is 0 Å². The summed E-state index contributed by atoms with van der Waals surface area (Å²) in [6, 6.07) is 21.7. The Morgan fingerprint density at radius 2 is 1.58 bits per heavy atom. The Bertz CT molecular complexity index is 1440. The smallest absolute Gasteiger partial charge is 0.268 e. The van der Waals surface area contributed by atoms with E-state index < -0.39 is 17.7 Å². The molecular formula is C26H18N2O5. The Morgan fingerprint density at radius 3 is 2.27 bits per heavy atom. The summed E-state index contributed by atoms with van der Waals surface area (Å²) in [5.41, 5.74) is 0.948. The van der Waals surface area contributed by atoms with Crippen LogP contribution >= 0.6 is 0 Å². The van der Waals surface area contributed by atoms with E-state index in [-0.39, 0.29) is 28.1 Å². The number of imide groups is 1. The SMILES string of the molecule is COc1ccc(N2C(=O)c3cccc(NC(=O)c4cc5ccccc5cc4O)c3C2=O)cc1. The monoisotopic (exact) mass is 438 g/mol. The number of ether oxygens (including phenoxy) is 1. The Hall–Kier alpha value is -4.65. The van der Waals surface area contributed by atoms with Gasteiger partial charge in [0.05, 0.1) is 35.2 Å². The first kappa shape index (κ1) is 20.3. The van der Waals surface area contributed by atoms with E-state index in [0.717, 1.165) is 15.7 Å². The molecule has 0 aromatic heterocycles. The third kappa shape index (κ3) is 3.36. The minimum atomic E-state index is -0.588. The maximum absolute atomic E-state index is 13.2. The Morgan fingerprint density at radius 1 is 0.879 bits per heavy atom. The summed E-state index contributed by atoms with van der Waals surface area (Å²) in [5, 5.41) is 14.6. The molecule has 0 radical (unpaired) electrons. The van der Waals surface area contributed by atoms with Crippen molar-refractivity contribution in [2.75, 3.05) is 17.3 Å². The molecule has 0 atom stereocenters. The molecule has 0 saturated heterocycles. The maximum Gasteiger partial charge on any atom is 0.268 e. The fourth-order valence-corrected chi connectivity index (χ4v) is 3.96. The zero-order valence-corrected chi connectivity index (χ0v) is 17.5. The molecule has 0 unspecified atom stereocenters. The van der Waals surface area contributed by atoms with Crippen LogP contribution < -0.4 is 15.0 Å². The zero-order chi connectivity index (χ0) is 23.1. The largest absolute Gasteiger partial charge is 0.507 e. The van der Waals surface area contributed by atoms with Gasteiger partial charge in [-0.15, -0.1) is 0 Å². The molecule has 0 bridgehead atoms. The van der Waals surface area contributed by atoms with Crippen molar-refractivity contribution in [3.63, 3.8) is 0 Å². The van der Waals surface area contributed by atoms with Gasteiger partial charge in [-0.1, -0.05) is 30.3 Å². The third-order valence-corrected chi connectivity index (χ3v) is 5.60. The van der Waals surface area contributed by atoms with Crippen molar-refractivity contribution in [3.8, 4) is 11.5 Å². The van der Waals surface area contributed by atoms with Crippen LogP contribution in [0, 0.1) is 0 Å². The van der Waals surface area contributed by atoms with E-state index >= 15 is 0 Å². The first-order chi connectivity index (χ1) is 16.0. The highest BCUT2D eigenvalue weighted by Crippen LogP contribution is 2.34. The molecule has 1 aliphatic rings. The summed E-state index contributed by atoms with van der Waals surface area (Å²) in [6.07, 6.45) is 0. The van der Waals surface area contributed by atoms with Crippen molar-refractivity contribution in [1.82, 2.24) is 0 Å². The van der Waals surface area contributed by atoms with Crippen LogP contribution in [0.2, 0.25) is 0 Å². The van der Waals surface area contributed by atoms with Crippen LogP contribution in [0.4, 0.5) is 11.4 Å².